The summed E-state index contributed by atoms with van der Waals surface area (Å²) in [4.78, 5) is 22.7. The zero-order valence-corrected chi connectivity index (χ0v) is 10.3. The number of anilines is 1. The molecule has 1 aliphatic rings. The molecule has 5 heteroatoms. The van der Waals surface area contributed by atoms with E-state index in [1.807, 2.05) is 12.1 Å². The lowest BCUT2D eigenvalue weighted by atomic mass is 10.1. The second kappa shape index (κ2) is 5.53. The number of ether oxygens (including phenoxy) is 1. The number of esters is 1. The molecule has 2 rings (SSSR count). The van der Waals surface area contributed by atoms with E-state index in [9.17, 15) is 9.59 Å². The highest BCUT2D eigenvalue weighted by Crippen LogP contribution is 2.22. The van der Waals surface area contributed by atoms with Crippen molar-refractivity contribution in [2.75, 3.05) is 25.5 Å². The number of benzene rings is 1. The second-order valence-corrected chi connectivity index (χ2v) is 4.13. The number of hydrogen-bond acceptors (Lipinski definition) is 4. The highest BCUT2D eigenvalue weighted by Gasteiger charge is 2.13. The Kier molecular flexibility index (Phi) is 3.82. The average Bonchev–Trinajstić information content (AvgIpc) is 2.85. The van der Waals surface area contributed by atoms with E-state index in [0.29, 0.717) is 5.56 Å². The highest BCUT2D eigenvalue weighted by atomic mass is 16.5. The summed E-state index contributed by atoms with van der Waals surface area (Å²) in [5.74, 6) is -0.499. The number of carbonyl (C=O) groups is 2. The molecule has 1 heterocycles. The van der Waals surface area contributed by atoms with Crippen LogP contribution >= 0.6 is 0 Å². The molecule has 1 aromatic carbocycles. The number of hydrogen-bond donors (Lipinski definition) is 2. The van der Waals surface area contributed by atoms with Crippen LogP contribution < -0.4 is 10.6 Å². The van der Waals surface area contributed by atoms with E-state index in [-0.39, 0.29) is 24.8 Å². The average molecular weight is 248 g/mol. The van der Waals surface area contributed by atoms with E-state index in [4.69, 9.17) is 0 Å². The Balaban J connectivity index is 1.91. The minimum atomic E-state index is -0.328. The lowest BCUT2D eigenvalue weighted by molar-refractivity contribution is -0.140. The Labute approximate surface area is 106 Å². The first kappa shape index (κ1) is 12.4. The van der Waals surface area contributed by atoms with Gasteiger partial charge in [-0.15, -0.1) is 0 Å². The van der Waals surface area contributed by atoms with Crippen LogP contribution in [0.1, 0.15) is 22.3 Å². The highest BCUT2D eigenvalue weighted by molar-refractivity contribution is 5.95. The van der Waals surface area contributed by atoms with Gasteiger partial charge in [-0.25, -0.2) is 0 Å². The van der Waals surface area contributed by atoms with Gasteiger partial charge in [0.1, 0.15) is 0 Å². The molecule has 1 amide bonds. The summed E-state index contributed by atoms with van der Waals surface area (Å²) in [6.07, 6.45) is 1.19. The molecule has 2 N–H and O–H groups in total. The lowest BCUT2D eigenvalue weighted by Crippen LogP contribution is -2.26. The van der Waals surface area contributed by atoms with Crippen molar-refractivity contribution in [1.29, 1.82) is 0 Å². The summed E-state index contributed by atoms with van der Waals surface area (Å²) in [6.45, 7) is 1.21. The van der Waals surface area contributed by atoms with Gasteiger partial charge in [-0.3, -0.25) is 9.59 Å². The first-order valence-corrected chi connectivity index (χ1v) is 5.92. The smallest absolute Gasteiger partial charge is 0.307 e. The van der Waals surface area contributed by atoms with Crippen molar-refractivity contribution in [3.63, 3.8) is 0 Å². The maximum absolute atomic E-state index is 11.8. The summed E-state index contributed by atoms with van der Waals surface area (Å²) in [6, 6.07) is 5.61. The Bertz CT molecular complexity index is 471. The zero-order chi connectivity index (χ0) is 13.0. The number of carbonyl (C=O) groups excluding carboxylic acids is 2. The van der Waals surface area contributed by atoms with Crippen molar-refractivity contribution in [2.45, 2.75) is 12.8 Å². The molecule has 0 spiro atoms. The SMILES string of the molecule is COC(=O)CCNC(=O)c1ccc2c(c1)NCC2. The molecule has 0 aromatic heterocycles. The van der Waals surface area contributed by atoms with Crippen LogP contribution in [0.15, 0.2) is 18.2 Å². The third-order valence-electron chi connectivity index (χ3n) is 2.92. The first-order valence-electron chi connectivity index (χ1n) is 5.92. The van der Waals surface area contributed by atoms with E-state index in [0.717, 1.165) is 18.7 Å². The summed E-state index contributed by atoms with van der Waals surface area (Å²) in [7, 11) is 1.33. The first-order chi connectivity index (χ1) is 8.70. The van der Waals surface area contributed by atoms with E-state index in [1.54, 1.807) is 6.07 Å². The van der Waals surface area contributed by atoms with Crippen molar-refractivity contribution < 1.29 is 14.3 Å². The van der Waals surface area contributed by atoms with Crippen LogP contribution in [0.4, 0.5) is 5.69 Å². The van der Waals surface area contributed by atoms with Gasteiger partial charge in [0, 0.05) is 24.3 Å². The fraction of sp³-hybridized carbons (Fsp3) is 0.385. The number of amides is 1. The molecular weight excluding hydrogens is 232 g/mol. The molecular formula is C13H16N2O3. The van der Waals surface area contributed by atoms with Gasteiger partial charge in [0.2, 0.25) is 0 Å². The minimum absolute atomic E-state index is 0.171. The molecule has 5 nitrogen and oxygen atoms in total. The monoisotopic (exact) mass is 248 g/mol. The van der Waals surface area contributed by atoms with E-state index < -0.39 is 0 Å². The molecule has 0 unspecified atom stereocenters. The largest absolute Gasteiger partial charge is 0.469 e. The molecule has 0 atom stereocenters. The van der Waals surface area contributed by atoms with Crippen LogP contribution in [0.2, 0.25) is 0 Å². The number of fused-ring (bicyclic) bond motifs is 1. The number of methoxy groups -OCH3 is 1. The van der Waals surface area contributed by atoms with Crippen molar-refractivity contribution in [3.8, 4) is 0 Å². The fourth-order valence-electron chi connectivity index (χ4n) is 1.91. The van der Waals surface area contributed by atoms with Gasteiger partial charge in [-0.1, -0.05) is 6.07 Å². The molecule has 0 saturated heterocycles. The van der Waals surface area contributed by atoms with Crippen molar-refractivity contribution in [2.24, 2.45) is 0 Å². The van der Waals surface area contributed by atoms with Gasteiger partial charge >= 0.3 is 5.97 Å². The lowest BCUT2D eigenvalue weighted by Gasteiger charge is -2.06. The van der Waals surface area contributed by atoms with Gasteiger partial charge in [0.25, 0.3) is 5.91 Å². The van der Waals surface area contributed by atoms with Crippen LogP contribution in [0, 0.1) is 0 Å². The summed E-state index contributed by atoms with van der Waals surface area (Å²) in [5, 5.41) is 5.91. The molecule has 96 valence electrons. The van der Waals surface area contributed by atoms with E-state index >= 15 is 0 Å². The van der Waals surface area contributed by atoms with Crippen molar-refractivity contribution in [1.82, 2.24) is 5.32 Å². The molecule has 1 aliphatic heterocycles. The summed E-state index contributed by atoms with van der Waals surface area (Å²) < 4.78 is 4.50. The normalized spacial score (nSPS) is 12.5. The molecule has 0 saturated carbocycles. The predicted molar refractivity (Wildman–Crippen MR) is 67.6 cm³/mol. The summed E-state index contributed by atoms with van der Waals surface area (Å²) >= 11 is 0. The number of rotatable bonds is 4. The molecule has 0 aliphatic carbocycles. The van der Waals surface area contributed by atoms with Gasteiger partial charge in [-0.05, 0) is 24.1 Å². The standard InChI is InChI=1S/C13H16N2O3/c1-18-12(16)5-7-15-13(17)10-3-2-9-4-6-14-11(9)8-10/h2-3,8,14H,4-7H2,1H3,(H,15,17). The molecule has 0 radical (unpaired) electrons. The van der Waals surface area contributed by atoms with Crippen LogP contribution in [0.25, 0.3) is 0 Å². The van der Waals surface area contributed by atoms with E-state index in [2.05, 4.69) is 15.4 Å². The van der Waals surface area contributed by atoms with Crippen molar-refractivity contribution >= 4 is 17.6 Å². The Morgan fingerprint density at radius 1 is 1.44 bits per heavy atom. The topological polar surface area (TPSA) is 67.4 Å². The Hall–Kier alpha value is -2.04. The molecule has 0 bridgehead atoms. The van der Waals surface area contributed by atoms with Crippen LogP contribution in [-0.2, 0) is 16.0 Å². The number of nitrogens with one attached hydrogen (secondary N) is 2. The van der Waals surface area contributed by atoms with Gasteiger partial charge in [-0.2, -0.15) is 0 Å². The Morgan fingerprint density at radius 3 is 3.06 bits per heavy atom. The maximum atomic E-state index is 11.8. The molecule has 1 aromatic rings. The Morgan fingerprint density at radius 2 is 2.28 bits per heavy atom. The summed E-state index contributed by atoms with van der Waals surface area (Å²) in [5.41, 5.74) is 2.87. The predicted octanol–water partition coefficient (Wildman–Crippen LogP) is 0.947. The van der Waals surface area contributed by atoms with Gasteiger partial charge < -0.3 is 15.4 Å². The van der Waals surface area contributed by atoms with Gasteiger partial charge in [0.15, 0.2) is 0 Å². The van der Waals surface area contributed by atoms with Gasteiger partial charge in [0.05, 0.1) is 13.5 Å². The fourth-order valence-corrected chi connectivity index (χ4v) is 1.91. The van der Waals surface area contributed by atoms with Crippen LogP contribution in [-0.4, -0.2) is 32.1 Å². The third kappa shape index (κ3) is 2.80. The maximum Gasteiger partial charge on any atom is 0.307 e. The minimum Gasteiger partial charge on any atom is -0.469 e. The molecule has 0 fully saturated rings. The van der Waals surface area contributed by atoms with Crippen molar-refractivity contribution in [3.05, 3.63) is 29.3 Å². The second-order valence-electron chi connectivity index (χ2n) is 4.13. The van der Waals surface area contributed by atoms with Crippen LogP contribution in [0.3, 0.4) is 0 Å². The third-order valence-corrected chi connectivity index (χ3v) is 2.92. The quantitative estimate of drug-likeness (QED) is 0.778. The molecule has 18 heavy (non-hydrogen) atoms. The zero-order valence-electron chi connectivity index (χ0n) is 10.3. The van der Waals surface area contributed by atoms with Crippen LogP contribution in [0.5, 0.6) is 0 Å². The van der Waals surface area contributed by atoms with E-state index in [1.165, 1.54) is 12.7 Å².